The molecule has 0 spiro atoms. The number of aryl methyl sites for hydroxylation is 1. The molecule has 1 aromatic carbocycles. The second-order valence-corrected chi connectivity index (χ2v) is 3.91. The standard InChI is InChI=1S/C13H16N2O3/c1-9-5-11(18-15-9)8-17-12-4-3-10(7-14)6-13(12)16-2/h3-6H,7-8,14H2,1-2H3. The van der Waals surface area contributed by atoms with Crippen molar-refractivity contribution in [3.05, 3.63) is 41.3 Å². The summed E-state index contributed by atoms with van der Waals surface area (Å²) in [7, 11) is 1.60. The van der Waals surface area contributed by atoms with Crippen LogP contribution in [-0.2, 0) is 13.2 Å². The highest BCUT2D eigenvalue weighted by Gasteiger charge is 2.07. The maximum atomic E-state index is 5.63. The van der Waals surface area contributed by atoms with Crippen LogP contribution in [0.1, 0.15) is 17.0 Å². The van der Waals surface area contributed by atoms with Gasteiger partial charge in [-0.15, -0.1) is 0 Å². The Morgan fingerprint density at radius 3 is 2.72 bits per heavy atom. The summed E-state index contributed by atoms with van der Waals surface area (Å²) in [5, 5.41) is 3.80. The minimum atomic E-state index is 0.319. The summed E-state index contributed by atoms with van der Waals surface area (Å²) in [5.41, 5.74) is 7.40. The molecule has 0 saturated heterocycles. The van der Waals surface area contributed by atoms with E-state index in [1.54, 1.807) is 7.11 Å². The average Bonchev–Trinajstić information content (AvgIpc) is 2.82. The third-order valence-corrected chi connectivity index (χ3v) is 2.51. The summed E-state index contributed by atoms with van der Waals surface area (Å²) >= 11 is 0. The van der Waals surface area contributed by atoms with Gasteiger partial charge in [-0.25, -0.2) is 0 Å². The van der Waals surface area contributed by atoms with Crippen LogP contribution in [-0.4, -0.2) is 12.3 Å². The molecule has 2 rings (SSSR count). The topological polar surface area (TPSA) is 70.5 Å². The van der Waals surface area contributed by atoms with E-state index in [1.807, 2.05) is 31.2 Å². The van der Waals surface area contributed by atoms with Gasteiger partial charge < -0.3 is 19.7 Å². The van der Waals surface area contributed by atoms with E-state index in [9.17, 15) is 0 Å². The molecule has 5 nitrogen and oxygen atoms in total. The molecule has 96 valence electrons. The molecule has 0 bridgehead atoms. The lowest BCUT2D eigenvalue weighted by molar-refractivity contribution is 0.238. The van der Waals surface area contributed by atoms with E-state index in [2.05, 4.69) is 5.16 Å². The zero-order valence-corrected chi connectivity index (χ0v) is 10.5. The van der Waals surface area contributed by atoms with Gasteiger partial charge in [0.15, 0.2) is 17.3 Å². The molecule has 1 heterocycles. The molecule has 0 amide bonds. The number of rotatable bonds is 5. The van der Waals surface area contributed by atoms with Crippen LogP contribution in [0.3, 0.4) is 0 Å². The molecule has 0 aliphatic heterocycles. The van der Waals surface area contributed by atoms with Crippen LogP contribution in [0.4, 0.5) is 0 Å². The van der Waals surface area contributed by atoms with E-state index in [0.29, 0.717) is 30.4 Å². The molecule has 2 aromatic rings. The predicted molar refractivity (Wildman–Crippen MR) is 66.5 cm³/mol. The van der Waals surface area contributed by atoms with Crippen molar-refractivity contribution in [2.24, 2.45) is 5.73 Å². The Morgan fingerprint density at radius 1 is 1.28 bits per heavy atom. The number of methoxy groups -OCH3 is 1. The number of hydrogen-bond donors (Lipinski definition) is 1. The van der Waals surface area contributed by atoms with Gasteiger partial charge in [0.05, 0.1) is 12.8 Å². The quantitative estimate of drug-likeness (QED) is 0.876. The SMILES string of the molecule is COc1cc(CN)ccc1OCc1cc(C)no1. The lowest BCUT2D eigenvalue weighted by Gasteiger charge is -2.10. The number of hydrogen-bond acceptors (Lipinski definition) is 5. The molecule has 0 unspecified atom stereocenters. The fraction of sp³-hybridized carbons (Fsp3) is 0.308. The summed E-state index contributed by atoms with van der Waals surface area (Å²) in [6.07, 6.45) is 0. The van der Waals surface area contributed by atoms with Gasteiger partial charge in [-0.1, -0.05) is 11.2 Å². The van der Waals surface area contributed by atoms with E-state index in [1.165, 1.54) is 0 Å². The normalized spacial score (nSPS) is 10.4. The van der Waals surface area contributed by atoms with Crippen molar-refractivity contribution >= 4 is 0 Å². The predicted octanol–water partition coefficient (Wildman–Crippen LogP) is 2.03. The third kappa shape index (κ3) is 2.81. The Morgan fingerprint density at radius 2 is 2.11 bits per heavy atom. The van der Waals surface area contributed by atoms with Gasteiger partial charge in [-0.05, 0) is 24.6 Å². The van der Waals surface area contributed by atoms with Crippen molar-refractivity contribution in [1.82, 2.24) is 5.16 Å². The zero-order valence-electron chi connectivity index (χ0n) is 10.5. The molecule has 0 aliphatic carbocycles. The molecule has 0 radical (unpaired) electrons. The molecular formula is C13H16N2O3. The van der Waals surface area contributed by atoms with Crippen molar-refractivity contribution in [2.45, 2.75) is 20.1 Å². The van der Waals surface area contributed by atoms with E-state index < -0.39 is 0 Å². The Hall–Kier alpha value is -2.01. The first kappa shape index (κ1) is 12.4. The van der Waals surface area contributed by atoms with Crippen LogP contribution in [0.15, 0.2) is 28.8 Å². The fourth-order valence-electron chi connectivity index (χ4n) is 1.59. The monoisotopic (exact) mass is 248 g/mol. The van der Waals surface area contributed by atoms with Gasteiger partial charge in [0, 0.05) is 12.6 Å². The summed E-state index contributed by atoms with van der Waals surface area (Å²) in [5.74, 6) is 2.00. The summed E-state index contributed by atoms with van der Waals surface area (Å²) in [4.78, 5) is 0. The maximum absolute atomic E-state index is 5.63. The molecule has 0 atom stereocenters. The van der Waals surface area contributed by atoms with Gasteiger partial charge >= 0.3 is 0 Å². The lowest BCUT2D eigenvalue weighted by Crippen LogP contribution is -2.00. The Kier molecular flexibility index (Phi) is 3.84. The van der Waals surface area contributed by atoms with Crippen LogP contribution in [0, 0.1) is 6.92 Å². The van der Waals surface area contributed by atoms with E-state index in [0.717, 1.165) is 11.3 Å². The number of benzene rings is 1. The Bertz CT molecular complexity index is 523. The molecule has 0 saturated carbocycles. The first-order valence-corrected chi connectivity index (χ1v) is 5.65. The largest absolute Gasteiger partial charge is 0.493 e. The van der Waals surface area contributed by atoms with Crippen LogP contribution in [0.5, 0.6) is 11.5 Å². The summed E-state index contributed by atoms with van der Waals surface area (Å²) < 4.78 is 16.0. The van der Waals surface area contributed by atoms with E-state index in [-0.39, 0.29) is 0 Å². The molecule has 1 aromatic heterocycles. The van der Waals surface area contributed by atoms with Crippen molar-refractivity contribution in [3.63, 3.8) is 0 Å². The van der Waals surface area contributed by atoms with Crippen molar-refractivity contribution in [3.8, 4) is 11.5 Å². The number of ether oxygens (including phenoxy) is 2. The highest BCUT2D eigenvalue weighted by molar-refractivity contribution is 5.42. The number of nitrogens with two attached hydrogens (primary N) is 1. The van der Waals surface area contributed by atoms with Crippen molar-refractivity contribution in [1.29, 1.82) is 0 Å². The van der Waals surface area contributed by atoms with Gasteiger partial charge in [0.25, 0.3) is 0 Å². The van der Waals surface area contributed by atoms with Crippen molar-refractivity contribution in [2.75, 3.05) is 7.11 Å². The molecule has 2 N–H and O–H groups in total. The number of aromatic nitrogens is 1. The fourth-order valence-corrected chi connectivity index (χ4v) is 1.59. The second kappa shape index (κ2) is 5.55. The lowest BCUT2D eigenvalue weighted by atomic mass is 10.2. The first-order valence-electron chi connectivity index (χ1n) is 5.65. The Labute approximate surface area is 105 Å². The highest BCUT2D eigenvalue weighted by atomic mass is 16.5. The average molecular weight is 248 g/mol. The summed E-state index contributed by atoms with van der Waals surface area (Å²) in [6, 6.07) is 7.44. The highest BCUT2D eigenvalue weighted by Crippen LogP contribution is 2.28. The minimum Gasteiger partial charge on any atom is -0.493 e. The van der Waals surface area contributed by atoms with Gasteiger partial charge in [-0.2, -0.15) is 0 Å². The molecule has 5 heteroatoms. The van der Waals surface area contributed by atoms with Gasteiger partial charge in [-0.3, -0.25) is 0 Å². The van der Waals surface area contributed by atoms with Crippen LogP contribution >= 0.6 is 0 Å². The maximum Gasteiger partial charge on any atom is 0.174 e. The minimum absolute atomic E-state index is 0.319. The summed E-state index contributed by atoms with van der Waals surface area (Å²) in [6.45, 7) is 2.65. The van der Waals surface area contributed by atoms with E-state index in [4.69, 9.17) is 19.7 Å². The van der Waals surface area contributed by atoms with Crippen molar-refractivity contribution < 1.29 is 14.0 Å². The Balaban J connectivity index is 2.08. The second-order valence-electron chi connectivity index (χ2n) is 3.91. The molecule has 0 fully saturated rings. The number of nitrogens with zero attached hydrogens (tertiary/aromatic N) is 1. The third-order valence-electron chi connectivity index (χ3n) is 2.51. The zero-order chi connectivity index (χ0) is 13.0. The molecule has 0 aliphatic rings. The first-order chi connectivity index (χ1) is 8.72. The smallest absolute Gasteiger partial charge is 0.174 e. The van der Waals surface area contributed by atoms with Gasteiger partial charge in [0.1, 0.15) is 6.61 Å². The molecule has 18 heavy (non-hydrogen) atoms. The van der Waals surface area contributed by atoms with Crippen LogP contribution in [0.2, 0.25) is 0 Å². The van der Waals surface area contributed by atoms with Crippen LogP contribution in [0.25, 0.3) is 0 Å². The van der Waals surface area contributed by atoms with Crippen LogP contribution < -0.4 is 15.2 Å². The molecular weight excluding hydrogens is 232 g/mol. The van der Waals surface area contributed by atoms with E-state index >= 15 is 0 Å². The van der Waals surface area contributed by atoms with Gasteiger partial charge in [0.2, 0.25) is 0 Å².